The number of methoxy groups -OCH3 is 1. The Morgan fingerprint density at radius 3 is 2.83 bits per heavy atom. The van der Waals surface area contributed by atoms with Crippen molar-refractivity contribution in [3.05, 3.63) is 34.1 Å². The number of nitrogens with one attached hydrogen (secondary N) is 1. The second-order valence-corrected chi connectivity index (χ2v) is 4.41. The molecule has 0 saturated carbocycles. The third kappa shape index (κ3) is 4.44. The van der Waals surface area contributed by atoms with E-state index in [4.69, 9.17) is 0 Å². The highest BCUT2D eigenvalue weighted by Gasteiger charge is 2.10. The largest absolute Gasteiger partial charge is 0.469 e. The third-order valence-electron chi connectivity index (χ3n) is 2.24. The van der Waals surface area contributed by atoms with E-state index >= 15 is 0 Å². The lowest BCUT2D eigenvalue weighted by molar-refractivity contribution is -0.140. The van der Waals surface area contributed by atoms with Crippen molar-refractivity contribution < 1.29 is 18.7 Å². The van der Waals surface area contributed by atoms with Gasteiger partial charge in [0.15, 0.2) is 0 Å². The average Bonchev–Trinajstić information content (AvgIpc) is 2.36. The predicted molar refractivity (Wildman–Crippen MR) is 67.7 cm³/mol. The zero-order valence-corrected chi connectivity index (χ0v) is 11.4. The van der Waals surface area contributed by atoms with Crippen LogP contribution in [0.1, 0.15) is 23.2 Å². The van der Waals surface area contributed by atoms with Crippen LogP contribution in [0.3, 0.4) is 0 Å². The molecule has 0 heterocycles. The fourth-order valence-corrected chi connectivity index (χ4v) is 1.73. The molecule has 1 aromatic rings. The maximum atomic E-state index is 13.0. The van der Waals surface area contributed by atoms with Crippen LogP contribution in [0.5, 0.6) is 0 Å². The van der Waals surface area contributed by atoms with Gasteiger partial charge in [0.2, 0.25) is 0 Å². The van der Waals surface area contributed by atoms with Gasteiger partial charge in [0.05, 0.1) is 12.7 Å². The molecule has 0 fully saturated rings. The summed E-state index contributed by atoms with van der Waals surface area (Å²) in [6, 6.07) is 3.89. The lowest BCUT2D eigenvalue weighted by Gasteiger charge is -2.06. The highest BCUT2D eigenvalue weighted by molar-refractivity contribution is 9.10. The molecule has 1 rings (SSSR count). The molecule has 0 aliphatic heterocycles. The first-order chi connectivity index (χ1) is 8.54. The summed E-state index contributed by atoms with van der Waals surface area (Å²) in [6.07, 6.45) is 0.715. The van der Waals surface area contributed by atoms with Crippen LogP contribution in [-0.4, -0.2) is 25.5 Å². The Kier molecular flexibility index (Phi) is 5.77. The van der Waals surface area contributed by atoms with Crippen LogP contribution in [0.25, 0.3) is 0 Å². The maximum Gasteiger partial charge on any atom is 0.305 e. The number of ether oxygens (including phenoxy) is 1. The highest BCUT2D eigenvalue weighted by atomic mass is 79.9. The van der Waals surface area contributed by atoms with Crippen molar-refractivity contribution in [1.82, 2.24) is 5.32 Å². The van der Waals surface area contributed by atoms with E-state index in [2.05, 4.69) is 26.0 Å². The number of hydrogen-bond donors (Lipinski definition) is 1. The summed E-state index contributed by atoms with van der Waals surface area (Å²) in [7, 11) is 1.31. The smallest absolute Gasteiger partial charge is 0.305 e. The molecule has 0 atom stereocenters. The van der Waals surface area contributed by atoms with Crippen LogP contribution in [0, 0.1) is 5.82 Å². The Morgan fingerprint density at radius 1 is 1.44 bits per heavy atom. The van der Waals surface area contributed by atoms with Crippen molar-refractivity contribution in [2.24, 2.45) is 0 Å². The minimum absolute atomic E-state index is 0.230. The molecule has 0 spiro atoms. The Labute approximate surface area is 113 Å². The van der Waals surface area contributed by atoms with Crippen LogP contribution in [-0.2, 0) is 9.53 Å². The summed E-state index contributed by atoms with van der Waals surface area (Å²) in [6.45, 7) is 0.330. The molecule has 18 heavy (non-hydrogen) atoms. The third-order valence-corrected chi connectivity index (χ3v) is 2.94. The second-order valence-electron chi connectivity index (χ2n) is 3.56. The van der Waals surface area contributed by atoms with E-state index in [0.29, 0.717) is 17.4 Å². The number of benzene rings is 1. The van der Waals surface area contributed by atoms with Crippen molar-refractivity contribution in [2.75, 3.05) is 13.7 Å². The molecule has 0 bridgehead atoms. The Bertz CT molecular complexity index is 451. The van der Waals surface area contributed by atoms with E-state index < -0.39 is 5.82 Å². The predicted octanol–water partition coefficient (Wildman–Crippen LogP) is 2.27. The second kappa shape index (κ2) is 7.10. The first-order valence-corrected chi connectivity index (χ1v) is 6.14. The van der Waals surface area contributed by atoms with Crippen molar-refractivity contribution in [3.63, 3.8) is 0 Å². The monoisotopic (exact) mass is 317 g/mol. The topological polar surface area (TPSA) is 55.4 Å². The van der Waals surface area contributed by atoms with Crippen LogP contribution in [0.4, 0.5) is 4.39 Å². The van der Waals surface area contributed by atoms with Crippen LogP contribution >= 0.6 is 15.9 Å². The van der Waals surface area contributed by atoms with Gasteiger partial charge in [-0.25, -0.2) is 4.39 Å². The van der Waals surface area contributed by atoms with Gasteiger partial charge in [-0.2, -0.15) is 0 Å². The molecule has 0 radical (unpaired) electrons. The average molecular weight is 318 g/mol. The van der Waals surface area contributed by atoms with Crippen molar-refractivity contribution >= 4 is 27.8 Å². The molecule has 6 heteroatoms. The summed E-state index contributed by atoms with van der Waals surface area (Å²) in [5.74, 6) is -1.18. The van der Waals surface area contributed by atoms with E-state index in [1.165, 1.54) is 19.2 Å². The van der Waals surface area contributed by atoms with Crippen molar-refractivity contribution in [3.8, 4) is 0 Å². The summed E-state index contributed by atoms with van der Waals surface area (Å²) in [4.78, 5) is 22.5. The number of amides is 1. The lowest BCUT2D eigenvalue weighted by Crippen LogP contribution is -2.25. The van der Waals surface area contributed by atoms with E-state index in [0.717, 1.165) is 6.07 Å². The van der Waals surface area contributed by atoms with Gasteiger partial charge < -0.3 is 10.1 Å². The summed E-state index contributed by atoms with van der Waals surface area (Å²) in [5, 5.41) is 2.60. The number of hydrogen-bond acceptors (Lipinski definition) is 3. The lowest BCUT2D eigenvalue weighted by atomic mass is 10.2. The van der Waals surface area contributed by atoms with E-state index in [-0.39, 0.29) is 23.9 Å². The Morgan fingerprint density at radius 2 is 2.17 bits per heavy atom. The van der Waals surface area contributed by atoms with Gasteiger partial charge in [0.1, 0.15) is 5.82 Å². The SMILES string of the molecule is COC(=O)CCCNC(=O)c1cc(F)ccc1Br. The molecule has 0 aliphatic carbocycles. The van der Waals surface area contributed by atoms with Crippen LogP contribution in [0.2, 0.25) is 0 Å². The maximum absolute atomic E-state index is 13.0. The normalized spacial score (nSPS) is 9.94. The van der Waals surface area contributed by atoms with Crippen LogP contribution in [0.15, 0.2) is 22.7 Å². The summed E-state index contributed by atoms with van der Waals surface area (Å²) < 4.78 is 18.0. The van der Waals surface area contributed by atoms with E-state index in [1.807, 2.05) is 0 Å². The number of esters is 1. The number of carbonyl (C=O) groups excluding carboxylic acids is 2. The highest BCUT2D eigenvalue weighted by Crippen LogP contribution is 2.17. The van der Waals surface area contributed by atoms with Gasteiger partial charge >= 0.3 is 5.97 Å². The van der Waals surface area contributed by atoms with Gasteiger partial charge in [0.25, 0.3) is 5.91 Å². The number of rotatable bonds is 5. The number of carbonyl (C=O) groups is 2. The van der Waals surface area contributed by atoms with E-state index in [9.17, 15) is 14.0 Å². The van der Waals surface area contributed by atoms with Crippen molar-refractivity contribution in [1.29, 1.82) is 0 Å². The molecule has 0 aliphatic rings. The number of halogens is 2. The molecule has 0 unspecified atom stereocenters. The molecular weight excluding hydrogens is 305 g/mol. The Hall–Kier alpha value is -1.43. The minimum atomic E-state index is -0.474. The van der Waals surface area contributed by atoms with Gasteiger partial charge in [0, 0.05) is 17.4 Å². The van der Waals surface area contributed by atoms with E-state index in [1.54, 1.807) is 0 Å². The van der Waals surface area contributed by atoms with Crippen LogP contribution < -0.4 is 5.32 Å². The molecule has 0 saturated heterocycles. The molecule has 0 aromatic heterocycles. The molecule has 1 amide bonds. The molecule has 98 valence electrons. The first kappa shape index (κ1) is 14.6. The summed E-state index contributed by atoms with van der Waals surface area (Å²) >= 11 is 3.17. The quantitative estimate of drug-likeness (QED) is 0.669. The standard InChI is InChI=1S/C12H13BrFNO3/c1-18-11(16)3-2-6-15-12(17)9-7-8(14)4-5-10(9)13/h4-5,7H,2-3,6H2,1H3,(H,15,17). The zero-order chi connectivity index (χ0) is 13.5. The fourth-order valence-electron chi connectivity index (χ4n) is 1.30. The molecule has 1 aromatic carbocycles. The molecular formula is C12H13BrFNO3. The molecule has 4 nitrogen and oxygen atoms in total. The van der Waals surface area contributed by atoms with Crippen molar-refractivity contribution in [2.45, 2.75) is 12.8 Å². The Balaban J connectivity index is 2.46. The first-order valence-electron chi connectivity index (χ1n) is 5.34. The minimum Gasteiger partial charge on any atom is -0.469 e. The van der Waals surface area contributed by atoms with Gasteiger partial charge in [-0.15, -0.1) is 0 Å². The molecule has 1 N–H and O–H groups in total. The van der Waals surface area contributed by atoms with Gasteiger partial charge in [-0.3, -0.25) is 9.59 Å². The zero-order valence-electron chi connectivity index (χ0n) is 9.83. The van der Waals surface area contributed by atoms with Gasteiger partial charge in [-0.05, 0) is 40.5 Å². The fraction of sp³-hybridized carbons (Fsp3) is 0.333. The summed E-state index contributed by atoms with van der Waals surface area (Å²) in [5.41, 5.74) is 0.230. The van der Waals surface area contributed by atoms with Gasteiger partial charge in [-0.1, -0.05) is 0 Å².